The van der Waals surface area contributed by atoms with Gasteiger partial charge in [-0.25, -0.2) is 0 Å². The van der Waals surface area contributed by atoms with E-state index < -0.39 is 0 Å². The molecule has 0 spiro atoms. The van der Waals surface area contributed by atoms with E-state index in [1.165, 1.54) is 25.2 Å². The summed E-state index contributed by atoms with van der Waals surface area (Å²) in [5.74, 6) is 0.258. The van der Waals surface area contributed by atoms with Crippen LogP contribution >= 0.6 is 23.2 Å². The van der Waals surface area contributed by atoms with Gasteiger partial charge in [-0.2, -0.15) is 0 Å². The van der Waals surface area contributed by atoms with Crippen molar-refractivity contribution in [2.24, 2.45) is 0 Å². The molecule has 0 heterocycles. The van der Waals surface area contributed by atoms with Crippen molar-refractivity contribution in [3.05, 3.63) is 28.8 Å². The minimum absolute atomic E-state index is 0. The molecule has 214 valence electrons. The summed E-state index contributed by atoms with van der Waals surface area (Å²) in [7, 11) is 13.1. The minimum Gasteiger partial charge on any atom is -1.00 e. The van der Waals surface area contributed by atoms with Gasteiger partial charge < -0.3 is 59.7 Å². The van der Waals surface area contributed by atoms with Gasteiger partial charge in [-0.1, -0.05) is 30.4 Å². The Morgan fingerprint density at radius 3 is 1.22 bits per heavy atom. The van der Waals surface area contributed by atoms with Crippen LogP contribution in [0.2, 0.25) is 0 Å². The molecule has 0 fully saturated rings. The molecule has 0 aliphatic carbocycles. The first-order valence-corrected chi connectivity index (χ1v) is 12.8. The van der Waals surface area contributed by atoms with E-state index in [1.807, 2.05) is 0 Å². The first kappa shape index (κ1) is 54.5. The van der Waals surface area contributed by atoms with E-state index in [0.717, 1.165) is 50.4 Å². The van der Waals surface area contributed by atoms with Crippen LogP contribution in [-0.2, 0) is 13.1 Å². The zero-order valence-corrected chi connectivity index (χ0v) is 30.6. The molecule has 0 saturated heterocycles. The molecule has 7 nitrogen and oxygen atoms in total. The number of aliphatic hydroxyl groups is 1. The summed E-state index contributed by atoms with van der Waals surface area (Å²) in [5.41, 5.74) is 3.15. The Kier molecular flexibility index (Phi) is 55.2. The number of aliphatic hydroxyl groups excluding tert-OH is 1. The summed E-state index contributed by atoms with van der Waals surface area (Å²) in [6, 6.07) is 4.16. The van der Waals surface area contributed by atoms with Gasteiger partial charge in [0, 0.05) is 6.61 Å². The van der Waals surface area contributed by atoms with E-state index in [4.69, 9.17) is 33.4 Å². The number of hydrogen-bond acceptors (Lipinski definition) is 3. The van der Waals surface area contributed by atoms with E-state index in [0.29, 0.717) is 0 Å². The average molecular weight is 635 g/mol. The third kappa shape index (κ3) is 37.5. The molecule has 1 rings (SSSR count). The molecule has 2 unspecified atom stereocenters. The number of hydrogen-bond donors (Lipinski definition) is 5. The number of quaternary nitrogens is 4. The predicted molar refractivity (Wildman–Crippen MR) is 148 cm³/mol. The zero-order valence-electron chi connectivity index (χ0n) is 24.7. The van der Waals surface area contributed by atoms with Gasteiger partial charge in [-0.05, 0) is 25.0 Å². The molecule has 1 aromatic carbocycles. The van der Waals surface area contributed by atoms with Crippen molar-refractivity contribution >= 4 is 69.3 Å². The summed E-state index contributed by atoms with van der Waals surface area (Å²) >= 11 is 9.53. The summed E-state index contributed by atoms with van der Waals surface area (Å²) in [6.07, 6.45) is 0. The number of aryl methyl sites for hydroxylation is 1. The number of likely N-dealkylation sites (N-methyl/N-ethyl adjacent to an activating group) is 4. The van der Waals surface area contributed by atoms with Crippen LogP contribution in [0.25, 0.3) is 0 Å². The Hall–Kier alpha value is 1.47. The van der Waals surface area contributed by atoms with Crippen molar-refractivity contribution in [3.63, 3.8) is 0 Å². The molecule has 0 aliphatic rings. The SMILES string of the molecule is CCO.CC[O-].Cc1cc(C[NH+](C)CC[NH+](C)C)c([O-])c(C[NH+](C)CC[NH+](C)C)c1.ClCCl.[Cl-].[Cl-].[Mg+2].[Mg+2]. The first-order valence-electron chi connectivity index (χ1n) is 11.7. The van der Waals surface area contributed by atoms with Gasteiger partial charge in [0.1, 0.15) is 39.3 Å². The predicted octanol–water partition coefficient (Wildman–Crippen LogP) is -10.6. The molecule has 2 atom stereocenters. The molecule has 13 heteroatoms. The van der Waals surface area contributed by atoms with Gasteiger partial charge in [-0.3, -0.25) is 0 Å². The van der Waals surface area contributed by atoms with Crippen LogP contribution in [0.3, 0.4) is 0 Å². The summed E-state index contributed by atoms with van der Waals surface area (Å²) in [4.78, 5) is 5.72. The summed E-state index contributed by atoms with van der Waals surface area (Å²) in [5, 5.41) is 29.5. The molecule has 0 radical (unpaired) electrons. The molecular weight excluding hydrogens is 583 g/mol. The van der Waals surface area contributed by atoms with Gasteiger partial charge in [0.15, 0.2) is 0 Å². The minimum atomic E-state index is 0. The Bertz CT molecular complexity index is 537. The van der Waals surface area contributed by atoms with Crippen LogP contribution < -0.4 is 54.6 Å². The molecule has 0 bridgehead atoms. The third-order valence-electron chi connectivity index (χ3n) is 4.48. The smallest absolute Gasteiger partial charge is 1.00 e. The number of rotatable bonds is 10. The Balaban J connectivity index is -0.000000121. The van der Waals surface area contributed by atoms with Crippen molar-refractivity contribution in [1.82, 2.24) is 0 Å². The molecule has 37 heavy (non-hydrogen) atoms. The van der Waals surface area contributed by atoms with Crippen LogP contribution in [0.5, 0.6) is 5.75 Å². The molecule has 5 N–H and O–H groups in total. The molecule has 0 aliphatic heterocycles. The van der Waals surface area contributed by atoms with Gasteiger partial charge >= 0.3 is 46.1 Å². The van der Waals surface area contributed by atoms with Gasteiger partial charge in [-0.15, -0.1) is 29.8 Å². The fourth-order valence-electron chi connectivity index (χ4n) is 2.95. The Morgan fingerprint density at radius 2 is 1.00 bits per heavy atom. The van der Waals surface area contributed by atoms with Crippen molar-refractivity contribution in [2.45, 2.75) is 33.9 Å². The zero-order chi connectivity index (χ0) is 26.4. The van der Waals surface area contributed by atoms with Crippen LogP contribution in [0, 0.1) is 6.92 Å². The van der Waals surface area contributed by atoms with E-state index in [2.05, 4.69) is 61.3 Å². The number of halogens is 4. The summed E-state index contributed by atoms with van der Waals surface area (Å²) < 4.78 is 0. The molecule has 0 saturated carbocycles. The molecule has 0 aromatic heterocycles. The van der Waals surface area contributed by atoms with E-state index in [1.54, 1.807) is 13.8 Å². The normalized spacial score (nSPS) is 10.8. The maximum atomic E-state index is 12.8. The van der Waals surface area contributed by atoms with Crippen LogP contribution in [0.4, 0.5) is 0 Å². The van der Waals surface area contributed by atoms with Crippen molar-refractivity contribution in [3.8, 4) is 5.75 Å². The van der Waals surface area contributed by atoms with Crippen LogP contribution in [0.15, 0.2) is 12.1 Å². The van der Waals surface area contributed by atoms with Crippen LogP contribution in [-0.4, -0.2) is 138 Å². The van der Waals surface area contributed by atoms with Gasteiger partial charge in [0.05, 0.1) is 47.6 Å². The third-order valence-corrected chi connectivity index (χ3v) is 4.48. The first-order chi connectivity index (χ1) is 15.4. The molecular formula is C24H52Cl4Mg2N4O3+4. The van der Waals surface area contributed by atoms with Gasteiger partial charge in [0.2, 0.25) is 0 Å². The van der Waals surface area contributed by atoms with Gasteiger partial charge in [0.25, 0.3) is 0 Å². The number of benzene rings is 1. The van der Waals surface area contributed by atoms with Crippen molar-refractivity contribution in [1.29, 1.82) is 0 Å². The van der Waals surface area contributed by atoms with Crippen molar-refractivity contribution in [2.75, 3.05) is 87.0 Å². The van der Waals surface area contributed by atoms with E-state index >= 15 is 0 Å². The monoisotopic (exact) mass is 632 g/mol. The van der Waals surface area contributed by atoms with E-state index in [9.17, 15) is 5.11 Å². The Morgan fingerprint density at radius 1 is 0.757 bits per heavy atom. The second-order valence-corrected chi connectivity index (χ2v) is 9.61. The quantitative estimate of drug-likeness (QED) is 0.131. The number of nitrogens with one attached hydrogen (secondary N) is 4. The maximum absolute atomic E-state index is 12.8. The fourth-order valence-corrected chi connectivity index (χ4v) is 2.95. The second-order valence-electron chi connectivity index (χ2n) is 8.80. The molecule has 0 amide bonds. The maximum Gasteiger partial charge on any atom is 2.00 e. The fraction of sp³-hybridized carbons (Fsp3) is 0.750. The second kappa shape index (κ2) is 37.5. The number of alkyl halides is 2. The molecule has 1 aromatic rings. The topological polar surface area (TPSA) is 84.1 Å². The van der Waals surface area contributed by atoms with Crippen LogP contribution in [0.1, 0.15) is 30.5 Å². The standard InChI is InChI=1S/C19H36N4O.C2H6O.C2H5O.CH2Cl2.2ClH.2Mg/c1-16-12-17(14-22(6)10-8-20(2)3)19(24)18(13-16)15-23(7)11-9-21(4)5;2*1-2-3;2-1-3;;;;/h12-13,24H,8-11,14-15H2,1-7H3;3H,2H2,1H3;2H2,1H3;1H2;2*1H;;/q;;-1;;;;2*+2/p+1. The Labute approximate surface area is 282 Å². The average Bonchev–Trinajstić information content (AvgIpc) is 2.70. The van der Waals surface area contributed by atoms with Crippen molar-refractivity contribution < 1.29 is 59.7 Å². The largest absolute Gasteiger partial charge is 2.00 e. The van der Waals surface area contributed by atoms with E-state index in [-0.39, 0.29) is 95.2 Å². The summed E-state index contributed by atoms with van der Waals surface area (Å²) in [6.45, 7) is 11.7.